The van der Waals surface area contributed by atoms with Crippen LogP contribution in [-0.4, -0.2) is 16.7 Å². The van der Waals surface area contributed by atoms with Crippen molar-refractivity contribution in [3.63, 3.8) is 0 Å². The molecule has 0 spiro atoms. The van der Waals surface area contributed by atoms with Gasteiger partial charge in [0.15, 0.2) is 0 Å². The molecule has 0 aliphatic carbocycles. The molecule has 1 aromatic heterocycles. The van der Waals surface area contributed by atoms with Gasteiger partial charge in [-0.2, -0.15) is 4.98 Å². The Morgan fingerprint density at radius 1 is 1.20 bits per heavy atom. The molecule has 0 amide bonds. The van der Waals surface area contributed by atoms with Crippen molar-refractivity contribution in [1.29, 1.82) is 0 Å². The normalized spacial score (nSPS) is 14.2. The smallest absolute Gasteiger partial charge is 0.243 e. The first-order valence-corrected chi connectivity index (χ1v) is 8.26. The second kappa shape index (κ2) is 6.64. The van der Waals surface area contributed by atoms with Crippen LogP contribution in [0.4, 0.5) is 4.39 Å². The topological polar surface area (TPSA) is 60.2 Å². The van der Waals surface area contributed by atoms with E-state index in [-0.39, 0.29) is 11.9 Å². The Bertz CT molecular complexity index is 877. The lowest BCUT2D eigenvalue weighted by molar-refractivity contribution is 0.339. The maximum Gasteiger partial charge on any atom is 0.243 e. The van der Waals surface area contributed by atoms with Gasteiger partial charge >= 0.3 is 0 Å². The molecule has 2 heterocycles. The molecule has 0 saturated carbocycles. The minimum absolute atomic E-state index is 0.0915. The highest BCUT2D eigenvalue weighted by Gasteiger charge is 2.16. The van der Waals surface area contributed by atoms with E-state index in [1.807, 2.05) is 13.0 Å². The van der Waals surface area contributed by atoms with Gasteiger partial charge in [0.2, 0.25) is 11.7 Å². The molecule has 0 radical (unpaired) electrons. The quantitative estimate of drug-likeness (QED) is 0.769. The summed E-state index contributed by atoms with van der Waals surface area (Å²) in [5, 5.41) is 7.36. The Hall–Kier alpha value is -2.73. The highest BCUT2D eigenvalue weighted by Crippen LogP contribution is 2.26. The number of ether oxygens (including phenoxy) is 1. The van der Waals surface area contributed by atoms with Crippen molar-refractivity contribution in [3.05, 3.63) is 65.3 Å². The highest BCUT2D eigenvalue weighted by molar-refractivity contribution is 5.53. The lowest BCUT2D eigenvalue weighted by atomic mass is 10.1. The molecular weight excluding hydrogens is 321 g/mol. The second-order valence-electron chi connectivity index (χ2n) is 6.11. The molecule has 0 unspecified atom stereocenters. The molecule has 25 heavy (non-hydrogen) atoms. The molecule has 5 nitrogen and oxygen atoms in total. The zero-order valence-corrected chi connectivity index (χ0v) is 13.8. The van der Waals surface area contributed by atoms with Crippen LogP contribution >= 0.6 is 0 Å². The molecule has 1 N–H and O–H groups in total. The summed E-state index contributed by atoms with van der Waals surface area (Å²) in [5.41, 5.74) is 3.17. The maximum atomic E-state index is 13.0. The summed E-state index contributed by atoms with van der Waals surface area (Å²) in [6.07, 6.45) is 0.962. The largest absolute Gasteiger partial charge is 0.493 e. The summed E-state index contributed by atoms with van der Waals surface area (Å²) in [5.74, 6) is 1.65. The highest BCUT2D eigenvalue weighted by atomic mass is 19.1. The Labute approximate surface area is 144 Å². The number of rotatable bonds is 5. The third-order valence-electron chi connectivity index (χ3n) is 4.28. The van der Waals surface area contributed by atoms with Gasteiger partial charge in [0, 0.05) is 18.5 Å². The summed E-state index contributed by atoms with van der Waals surface area (Å²) >= 11 is 0. The predicted octanol–water partition coefficient (Wildman–Crippen LogP) is 3.66. The zero-order valence-electron chi connectivity index (χ0n) is 13.8. The predicted molar refractivity (Wildman–Crippen MR) is 90.6 cm³/mol. The van der Waals surface area contributed by atoms with Crippen LogP contribution in [0.25, 0.3) is 11.4 Å². The molecule has 3 aromatic rings. The number of aromatic nitrogens is 2. The number of nitrogens with zero attached hydrogens (tertiary/aromatic N) is 2. The van der Waals surface area contributed by atoms with Crippen molar-refractivity contribution in [2.45, 2.75) is 25.9 Å². The molecular formula is C19H18FN3O2. The number of fused-ring (bicyclic) bond motifs is 1. The Kier molecular flexibility index (Phi) is 4.19. The summed E-state index contributed by atoms with van der Waals surface area (Å²) < 4.78 is 23.9. The monoisotopic (exact) mass is 339 g/mol. The first-order chi connectivity index (χ1) is 12.2. The van der Waals surface area contributed by atoms with E-state index in [1.54, 1.807) is 12.1 Å². The molecule has 0 bridgehead atoms. The van der Waals surface area contributed by atoms with E-state index in [2.05, 4.69) is 27.6 Å². The van der Waals surface area contributed by atoms with Gasteiger partial charge in [-0.05, 0) is 48.4 Å². The van der Waals surface area contributed by atoms with Gasteiger partial charge in [-0.25, -0.2) is 4.39 Å². The molecule has 2 aromatic carbocycles. The van der Waals surface area contributed by atoms with Crippen molar-refractivity contribution < 1.29 is 13.7 Å². The molecule has 1 aliphatic heterocycles. The summed E-state index contributed by atoms with van der Waals surface area (Å²) in [6, 6.07) is 12.2. The summed E-state index contributed by atoms with van der Waals surface area (Å²) in [7, 11) is 0. The second-order valence-corrected chi connectivity index (χ2v) is 6.11. The van der Waals surface area contributed by atoms with E-state index in [4.69, 9.17) is 9.26 Å². The SMILES string of the molecule is C[C@H](NCc1ccc2c(c1)CCO2)c1nc(-c2ccc(F)cc2)no1. The summed E-state index contributed by atoms with van der Waals surface area (Å²) in [4.78, 5) is 4.40. The maximum absolute atomic E-state index is 13.0. The van der Waals surface area contributed by atoms with Crippen molar-refractivity contribution in [2.75, 3.05) is 6.61 Å². The standard InChI is InChI=1S/C19H18FN3O2/c1-12(21-11-13-2-7-17-15(10-13)8-9-24-17)19-22-18(23-25-19)14-3-5-16(20)6-4-14/h2-7,10,12,21H,8-9,11H2,1H3/t12-/m0/s1. The molecule has 128 valence electrons. The molecule has 1 aliphatic rings. The first kappa shape index (κ1) is 15.8. The van der Waals surface area contributed by atoms with Crippen molar-refractivity contribution in [3.8, 4) is 17.1 Å². The minimum Gasteiger partial charge on any atom is -0.493 e. The van der Waals surface area contributed by atoms with E-state index >= 15 is 0 Å². The van der Waals surface area contributed by atoms with Crippen molar-refractivity contribution in [2.24, 2.45) is 0 Å². The van der Waals surface area contributed by atoms with Gasteiger partial charge in [0.25, 0.3) is 0 Å². The van der Waals surface area contributed by atoms with Gasteiger partial charge in [-0.15, -0.1) is 0 Å². The number of benzene rings is 2. The third kappa shape index (κ3) is 3.39. The fourth-order valence-corrected chi connectivity index (χ4v) is 2.84. The van der Waals surface area contributed by atoms with E-state index in [1.165, 1.54) is 23.3 Å². The Morgan fingerprint density at radius 2 is 2.04 bits per heavy atom. The summed E-state index contributed by atoms with van der Waals surface area (Å²) in [6.45, 7) is 3.43. The lowest BCUT2D eigenvalue weighted by Gasteiger charge is -2.10. The van der Waals surface area contributed by atoms with Gasteiger partial charge in [-0.3, -0.25) is 0 Å². The molecule has 0 saturated heterocycles. The Morgan fingerprint density at radius 3 is 2.88 bits per heavy atom. The average Bonchev–Trinajstić information content (AvgIpc) is 3.29. The number of hydrogen-bond donors (Lipinski definition) is 1. The zero-order chi connectivity index (χ0) is 17.2. The van der Waals surface area contributed by atoms with Crippen LogP contribution in [0.3, 0.4) is 0 Å². The molecule has 4 rings (SSSR count). The fraction of sp³-hybridized carbons (Fsp3) is 0.263. The molecule has 1 atom stereocenters. The molecule has 0 fully saturated rings. The van der Waals surface area contributed by atoms with Crippen LogP contribution in [0.1, 0.15) is 30.0 Å². The Balaban J connectivity index is 1.41. The average molecular weight is 339 g/mol. The fourth-order valence-electron chi connectivity index (χ4n) is 2.84. The number of nitrogens with one attached hydrogen (secondary N) is 1. The van der Waals surface area contributed by atoms with E-state index in [9.17, 15) is 4.39 Å². The van der Waals surface area contributed by atoms with E-state index in [0.717, 1.165) is 24.3 Å². The van der Waals surface area contributed by atoms with E-state index in [0.29, 0.717) is 18.3 Å². The third-order valence-corrected chi connectivity index (χ3v) is 4.28. The van der Waals surface area contributed by atoms with Crippen LogP contribution in [0.15, 0.2) is 47.0 Å². The van der Waals surface area contributed by atoms with Crippen LogP contribution in [0.2, 0.25) is 0 Å². The van der Waals surface area contributed by atoms with E-state index < -0.39 is 0 Å². The van der Waals surface area contributed by atoms with Crippen molar-refractivity contribution in [1.82, 2.24) is 15.5 Å². The first-order valence-electron chi connectivity index (χ1n) is 8.26. The molecule has 6 heteroatoms. The number of halogens is 1. The van der Waals surface area contributed by atoms with Crippen LogP contribution < -0.4 is 10.1 Å². The van der Waals surface area contributed by atoms with Crippen molar-refractivity contribution >= 4 is 0 Å². The minimum atomic E-state index is -0.290. The van der Waals surface area contributed by atoms with Crippen LogP contribution in [-0.2, 0) is 13.0 Å². The van der Waals surface area contributed by atoms with Gasteiger partial charge in [0.1, 0.15) is 11.6 Å². The van der Waals surface area contributed by atoms with Gasteiger partial charge in [-0.1, -0.05) is 17.3 Å². The van der Waals surface area contributed by atoms with Crippen LogP contribution in [0, 0.1) is 5.82 Å². The van der Waals surface area contributed by atoms with Gasteiger partial charge < -0.3 is 14.6 Å². The van der Waals surface area contributed by atoms with Gasteiger partial charge in [0.05, 0.1) is 12.6 Å². The van der Waals surface area contributed by atoms with Crippen LogP contribution in [0.5, 0.6) is 5.75 Å². The number of hydrogen-bond acceptors (Lipinski definition) is 5. The lowest BCUT2D eigenvalue weighted by Crippen LogP contribution is -2.18.